The Morgan fingerprint density at radius 3 is 2.44 bits per heavy atom. The Morgan fingerprint density at radius 2 is 1.89 bits per heavy atom. The molecule has 0 saturated carbocycles. The summed E-state index contributed by atoms with van der Waals surface area (Å²) in [6, 6.07) is 9.11. The molecule has 0 aliphatic rings. The van der Waals surface area contributed by atoms with Gasteiger partial charge in [-0.3, -0.25) is 0 Å². The van der Waals surface area contributed by atoms with Crippen molar-refractivity contribution in [2.45, 2.75) is 33.4 Å². The van der Waals surface area contributed by atoms with Crippen LogP contribution in [0.15, 0.2) is 43.0 Å². The van der Waals surface area contributed by atoms with Crippen molar-refractivity contribution in [2.75, 3.05) is 0 Å². The lowest BCUT2D eigenvalue weighted by molar-refractivity contribution is 0.426. The number of nitrogens with one attached hydrogen (secondary N) is 1. The summed E-state index contributed by atoms with van der Waals surface area (Å²) in [6.07, 6.45) is 5.56. The van der Waals surface area contributed by atoms with E-state index in [-0.39, 0.29) is 0 Å². The van der Waals surface area contributed by atoms with Gasteiger partial charge in [-0.25, -0.2) is 4.98 Å². The van der Waals surface area contributed by atoms with Crippen LogP contribution in [-0.4, -0.2) is 15.6 Å². The third kappa shape index (κ3) is 3.20. The standard InChI is InChI=1S/C15H21N3/c1-12(2)13(3)17-10-14-4-6-15(7-5-14)18-9-8-16-11-18/h4-9,11-13,17H,10H2,1-3H3. The molecule has 1 aromatic carbocycles. The molecule has 0 bridgehead atoms. The first kappa shape index (κ1) is 12.8. The molecule has 0 spiro atoms. The van der Waals surface area contributed by atoms with Crippen LogP contribution in [0.4, 0.5) is 0 Å². The summed E-state index contributed by atoms with van der Waals surface area (Å²) in [7, 11) is 0. The van der Waals surface area contributed by atoms with Crippen molar-refractivity contribution >= 4 is 0 Å². The highest BCUT2D eigenvalue weighted by molar-refractivity contribution is 5.34. The molecule has 3 heteroatoms. The van der Waals surface area contributed by atoms with E-state index in [2.05, 4.69) is 55.3 Å². The molecule has 1 N–H and O–H groups in total. The highest BCUT2D eigenvalue weighted by atomic mass is 15.0. The van der Waals surface area contributed by atoms with Crippen LogP contribution in [-0.2, 0) is 6.54 Å². The van der Waals surface area contributed by atoms with Gasteiger partial charge in [0, 0.05) is 30.7 Å². The average Bonchev–Trinajstić information content (AvgIpc) is 2.90. The maximum atomic E-state index is 4.05. The molecule has 0 saturated heterocycles. The lowest BCUT2D eigenvalue weighted by Gasteiger charge is -2.17. The largest absolute Gasteiger partial charge is 0.310 e. The van der Waals surface area contributed by atoms with Gasteiger partial charge in [0.15, 0.2) is 0 Å². The van der Waals surface area contributed by atoms with Gasteiger partial charge >= 0.3 is 0 Å². The Kier molecular flexibility index (Phi) is 4.15. The fourth-order valence-corrected chi connectivity index (χ4v) is 1.71. The lowest BCUT2D eigenvalue weighted by Crippen LogP contribution is -2.30. The van der Waals surface area contributed by atoms with Crippen LogP contribution < -0.4 is 5.32 Å². The van der Waals surface area contributed by atoms with Gasteiger partial charge in [0.2, 0.25) is 0 Å². The minimum absolute atomic E-state index is 0.540. The van der Waals surface area contributed by atoms with Crippen molar-refractivity contribution in [3.05, 3.63) is 48.5 Å². The van der Waals surface area contributed by atoms with Gasteiger partial charge in [0.1, 0.15) is 0 Å². The van der Waals surface area contributed by atoms with Crippen molar-refractivity contribution in [2.24, 2.45) is 5.92 Å². The van der Waals surface area contributed by atoms with E-state index >= 15 is 0 Å². The molecule has 18 heavy (non-hydrogen) atoms. The first-order valence-electron chi connectivity index (χ1n) is 6.47. The Bertz CT molecular complexity index is 457. The van der Waals surface area contributed by atoms with E-state index < -0.39 is 0 Å². The first-order valence-corrected chi connectivity index (χ1v) is 6.47. The maximum absolute atomic E-state index is 4.05. The molecule has 1 unspecified atom stereocenters. The number of benzene rings is 1. The van der Waals surface area contributed by atoms with Gasteiger partial charge < -0.3 is 9.88 Å². The van der Waals surface area contributed by atoms with E-state index in [4.69, 9.17) is 0 Å². The van der Waals surface area contributed by atoms with Gasteiger partial charge in [-0.15, -0.1) is 0 Å². The Morgan fingerprint density at radius 1 is 1.17 bits per heavy atom. The van der Waals surface area contributed by atoms with Gasteiger partial charge in [0.25, 0.3) is 0 Å². The third-order valence-corrected chi connectivity index (χ3v) is 3.37. The minimum Gasteiger partial charge on any atom is -0.310 e. The third-order valence-electron chi connectivity index (χ3n) is 3.37. The van der Waals surface area contributed by atoms with Crippen LogP contribution in [0.1, 0.15) is 26.3 Å². The number of aromatic nitrogens is 2. The molecule has 1 aromatic heterocycles. The summed E-state index contributed by atoms with van der Waals surface area (Å²) in [6.45, 7) is 7.62. The van der Waals surface area contributed by atoms with Crippen LogP contribution in [0.2, 0.25) is 0 Å². The van der Waals surface area contributed by atoms with Gasteiger partial charge in [-0.05, 0) is 30.5 Å². The minimum atomic E-state index is 0.540. The second kappa shape index (κ2) is 5.83. The van der Waals surface area contributed by atoms with Crippen molar-refractivity contribution in [1.29, 1.82) is 0 Å². The molecule has 0 amide bonds. The Balaban J connectivity index is 1.96. The average molecular weight is 243 g/mol. The second-order valence-electron chi connectivity index (χ2n) is 5.05. The Labute approximate surface area is 109 Å². The fourth-order valence-electron chi connectivity index (χ4n) is 1.71. The molecular formula is C15H21N3. The zero-order valence-electron chi connectivity index (χ0n) is 11.3. The normalized spacial score (nSPS) is 12.9. The second-order valence-corrected chi connectivity index (χ2v) is 5.05. The van der Waals surface area contributed by atoms with Gasteiger partial charge in [-0.1, -0.05) is 26.0 Å². The molecule has 1 heterocycles. The number of hydrogen-bond acceptors (Lipinski definition) is 2. The highest BCUT2D eigenvalue weighted by Gasteiger charge is 2.05. The summed E-state index contributed by atoms with van der Waals surface area (Å²) in [5.74, 6) is 0.662. The zero-order valence-corrected chi connectivity index (χ0v) is 11.3. The Hall–Kier alpha value is -1.61. The van der Waals surface area contributed by atoms with E-state index in [0.717, 1.165) is 12.2 Å². The molecule has 0 radical (unpaired) electrons. The number of hydrogen-bond donors (Lipinski definition) is 1. The molecule has 1 atom stereocenters. The quantitative estimate of drug-likeness (QED) is 0.875. The van der Waals surface area contributed by atoms with Gasteiger partial charge in [0.05, 0.1) is 6.33 Å². The van der Waals surface area contributed by atoms with Crippen molar-refractivity contribution in [1.82, 2.24) is 14.9 Å². The summed E-state index contributed by atoms with van der Waals surface area (Å²) in [5, 5.41) is 3.53. The van der Waals surface area contributed by atoms with E-state index in [1.165, 1.54) is 5.56 Å². The van der Waals surface area contributed by atoms with Crippen LogP contribution >= 0.6 is 0 Å². The summed E-state index contributed by atoms with van der Waals surface area (Å²) in [4.78, 5) is 4.05. The molecule has 3 nitrogen and oxygen atoms in total. The predicted octanol–water partition coefficient (Wildman–Crippen LogP) is 3.01. The van der Waals surface area contributed by atoms with Crippen molar-refractivity contribution in [3.8, 4) is 5.69 Å². The fraction of sp³-hybridized carbons (Fsp3) is 0.400. The summed E-state index contributed by atoms with van der Waals surface area (Å²) < 4.78 is 2.01. The maximum Gasteiger partial charge on any atom is 0.0991 e. The van der Waals surface area contributed by atoms with Crippen LogP contribution in [0.25, 0.3) is 5.69 Å². The summed E-state index contributed by atoms with van der Waals surface area (Å²) in [5.41, 5.74) is 2.46. The molecule has 0 aliphatic carbocycles. The molecule has 2 rings (SSSR count). The molecule has 96 valence electrons. The van der Waals surface area contributed by atoms with Crippen LogP contribution in [0, 0.1) is 5.92 Å². The molecular weight excluding hydrogens is 222 g/mol. The molecule has 0 fully saturated rings. The predicted molar refractivity (Wildman–Crippen MR) is 74.7 cm³/mol. The van der Waals surface area contributed by atoms with Crippen LogP contribution in [0.3, 0.4) is 0 Å². The first-order chi connectivity index (χ1) is 8.66. The van der Waals surface area contributed by atoms with Crippen molar-refractivity contribution < 1.29 is 0 Å². The summed E-state index contributed by atoms with van der Waals surface area (Å²) >= 11 is 0. The highest BCUT2D eigenvalue weighted by Crippen LogP contribution is 2.10. The molecule has 2 aromatic rings. The van der Waals surface area contributed by atoms with Crippen molar-refractivity contribution in [3.63, 3.8) is 0 Å². The molecule has 0 aliphatic heterocycles. The monoisotopic (exact) mass is 243 g/mol. The zero-order chi connectivity index (χ0) is 13.0. The van der Waals surface area contributed by atoms with Gasteiger partial charge in [-0.2, -0.15) is 0 Å². The topological polar surface area (TPSA) is 29.9 Å². The van der Waals surface area contributed by atoms with E-state index in [1.54, 1.807) is 6.20 Å². The van der Waals surface area contributed by atoms with Crippen LogP contribution in [0.5, 0.6) is 0 Å². The number of imidazole rings is 1. The van der Waals surface area contributed by atoms with E-state index in [9.17, 15) is 0 Å². The number of nitrogens with zero attached hydrogens (tertiary/aromatic N) is 2. The smallest absolute Gasteiger partial charge is 0.0991 e. The lowest BCUT2D eigenvalue weighted by atomic mass is 10.1. The SMILES string of the molecule is CC(C)C(C)NCc1ccc(-n2ccnc2)cc1. The van der Waals surface area contributed by atoms with E-state index in [0.29, 0.717) is 12.0 Å². The van der Waals surface area contributed by atoms with E-state index in [1.807, 2.05) is 17.1 Å². The number of rotatable bonds is 5.